The van der Waals surface area contributed by atoms with Gasteiger partial charge in [0.2, 0.25) is 0 Å². The summed E-state index contributed by atoms with van der Waals surface area (Å²) in [5.41, 5.74) is 7.03. The number of esters is 1. The highest BCUT2D eigenvalue weighted by molar-refractivity contribution is 5.85. The fourth-order valence-corrected chi connectivity index (χ4v) is 1.69. The van der Waals surface area contributed by atoms with Crippen molar-refractivity contribution in [3.05, 3.63) is 23.0 Å². The summed E-state index contributed by atoms with van der Waals surface area (Å²) in [7, 11) is 0. The average molecular weight is 291 g/mol. The molecule has 108 valence electrons. The predicted octanol–water partition coefficient (Wildman–Crippen LogP) is 0.963. The monoisotopic (exact) mass is 290 g/mol. The van der Waals surface area contributed by atoms with Crippen molar-refractivity contribution in [2.24, 2.45) is 5.73 Å². The smallest absolute Gasteiger partial charge is 0.307 e. The van der Waals surface area contributed by atoms with Gasteiger partial charge in [-0.05, 0) is 13.8 Å². The second-order valence-electron chi connectivity index (χ2n) is 3.90. The number of hydrogen-bond acceptors (Lipinski definition) is 6. The van der Waals surface area contributed by atoms with Gasteiger partial charge in [0.1, 0.15) is 5.75 Å². The number of carbonyl (C=O) groups is 1. The molecule has 1 aromatic rings. The van der Waals surface area contributed by atoms with Crippen molar-refractivity contribution in [1.82, 2.24) is 4.98 Å². The Kier molecular flexibility index (Phi) is 7.36. The van der Waals surface area contributed by atoms with Crippen LogP contribution in [-0.4, -0.2) is 27.8 Å². The summed E-state index contributed by atoms with van der Waals surface area (Å²) in [6.45, 7) is 3.31. The largest absolute Gasteiger partial charge is 0.506 e. The minimum absolute atomic E-state index is 0. The number of ether oxygens (including phenoxy) is 1. The summed E-state index contributed by atoms with van der Waals surface area (Å²) in [5, 5.41) is 19.1. The first-order valence-electron chi connectivity index (χ1n) is 5.70. The van der Waals surface area contributed by atoms with E-state index >= 15 is 0 Å². The molecule has 7 heteroatoms. The summed E-state index contributed by atoms with van der Waals surface area (Å²) in [6, 6.07) is -0.729. The van der Waals surface area contributed by atoms with E-state index in [1.54, 1.807) is 13.8 Å². The van der Waals surface area contributed by atoms with Gasteiger partial charge in [0.05, 0.1) is 25.3 Å². The van der Waals surface area contributed by atoms with E-state index < -0.39 is 12.0 Å². The zero-order valence-corrected chi connectivity index (χ0v) is 11.7. The Balaban J connectivity index is 0.00000324. The van der Waals surface area contributed by atoms with E-state index in [4.69, 9.17) is 10.5 Å². The molecular formula is C12H19ClN2O4. The number of aryl methyl sites for hydroxylation is 1. The third-order valence-corrected chi connectivity index (χ3v) is 2.59. The number of aromatic nitrogens is 1. The molecule has 4 N–H and O–H groups in total. The third-order valence-electron chi connectivity index (χ3n) is 2.59. The highest BCUT2D eigenvalue weighted by Gasteiger charge is 2.21. The molecule has 0 bridgehead atoms. The lowest BCUT2D eigenvalue weighted by Crippen LogP contribution is -2.19. The molecule has 0 saturated heterocycles. The van der Waals surface area contributed by atoms with Gasteiger partial charge in [-0.15, -0.1) is 12.4 Å². The summed E-state index contributed by atoms with van der Waals surface area (Å²) < 4.78 is 4.80. The highest BCUT2D eigenvalue weighted by atomic mass is 35.5. The van der Waals surface area contributed by atoms with Crippen molar-refractivity contribution in [3.63, 3.8) is 0 Å². The Morgan fingerprint density at radius 3 is 2.74 bits per heavy atom. The van der Waals surface area contributed by atoms with E-state index in [1.807, 2.05) is 0 Å². The maximum absolute atomic E-state index is 11.4. The molecule has 0 amide bonds. The second kappa shape index (κ2) is 7.93. The maximum Gasteiger partial charge on any atom is 0.307 e. The van der Waals surface area contributed by atoms with E-state index in [0.717, 1.165) is 0 Å². The van der Waals surface area contributed by atoms with E-state index in [0.29, 0.717) is 16.8 Å². The Morgan fingerprint density at radius 2 is 2.21 bits per heavy atom. The van der Waals surface area contributed by atoms with Gasteiger partial charge in [-0.2, -0.15) is 0 Å². The molecule has 0 saturated carbocycles. The number of aliphatic hydroxyl groups excluding tert-OH is 1. The van der Waals surface area contributed by atoms with Crippen molar-refractivity contribution in [1.29, 1.82) is 0 Å². The summed E-state index contributed by atoms with van der Waals surface area (Å²) in [6.07, 6.45) is 1.38. The maximum atomic E-state index is 11.4. The number of pyridine rings is 1. The molecule has 0 spiro atoms. The predicted molar refractivity (Wildman–Crippen MR) is 72.0 cm³/mol. The Labute approximate surface area is 118 Å². The number of aromatic hydroxyl groups is 1. The van der Waals surface area contributed by atoms with E-state index in [2.05, 4.69) is 4.98 Å². The second-order valence-corrected chi connectivity index (χ2v) is 3.90. The van der Waals surface area contributed by atoms with Crippen LogP contribution in [0, 0.1) is 6.92 Å². The van der Waals surface area contributed by atoms with Crippen LogP contribution in [-0.2, 0) is 16.1 Å². The minimum atomic E-state index is -0.729. The van der Waals surface area contributed by atoms with Crippen LogP contribution in [0.1, 0.15) is 36.2 Å². The SMILES string of the molecule is CCOC(=O)C[C@H](N)c1c(CO)cnc(C)c1O.Cl. The van der Waals surface area contributed by atoms with Gasteiger partial charge in [0.15, 0.2) is 0 Å². The molecule has 19 heavy (non-hydrogen) atoms. The Bertz CT molecular complexity index is 440. The standard InChI is InChI=1S/C12H18N2O4.ClH/c1-3-18-10(16)4-9(13)11-8(6-15)5-14-7(2)12(11)17;/h5,9,15,17H,3-4,6,13H2,1-2H3;1H/t9-;/m0./s1. The number of hydrogen-bond donors (Lipinski definition) is 3. The average Bonchev–Trinajstić information content (AvgIpc) is 2.32. The number of nitrogens with two attached hydrogens (primary N) is 1. The van der Waals surface area contributed by atoms with Gasteiger partial charge in [0.25, 0.3) is 0 Å². The molecule has 6 nitrogen and oxygen atoms in total. The van der Waals surface area contributed by atoms with Gasteiger partial charge in [-0.3, -0.25) is 9.78 Å². The van der Waals surface area contributed by atoms with Crippen molar-refractivity contribution in [2.45, 2.75) is 32.9 Å². The third kappa shape index (κ3) is 4.34. The van der Waals surface area contributed by atoms with Crippen LogP contribution in [0.3, 0.4) is 0 Å². The van der Waals surface area contributed by atoms with Gasteiger partial charge in [0, 0.05) is 23.4 Å². The first kappa shape index (κ1) is 17.6. The quantitative estimate of drug-likeness (QED) is 0.698. The van der Waals surface area contributed by atoms with Crippen LogP contribution in [0.2, 0.25) is 0 Å². The van der Waals surface area contributed by atoms with E-state index in [1.165, 1.54) is 6.20 Å². The van der Waals surface area contributed by atoms with Crippen LogP contribution in [0.25, 0.3) is 0 Å². The lowest BCUT2D eigenvalue weighted by Gasteiger charge is -2.17. The number of aliphatic hydroxyl groups is 1. The van der Waals surface area contributed by atoms with E-state index in [9.17, 15) is 15.0 Å². The van der Waals surface area contributed by atoms with Gasteiger partial charge in [-0.25, -0.2) is 0 Å². The number of carbonyl (C=O) groups excluding carboxylic acids is 1. The molecule has 0 fully saturated rings. The first-order chi connectivity index (χ1) is 8.51. The van der Waals surface area contributed by atoms with Crippen LogP contribution in [0.4, 0.5) is 0 Å². The molecule has 0 aliphatic rings. The Morgan fingerprint density at radius 1 is 1.58 bits per heavy atom. The fraction of sp³-hybridized carbons (Fsp3) is 0.500. The molecule has 0 unspecified atom stereocenters. The van der Waals surface area contributed by atoms with Crippen molar-refractivity contribution < 1.29 is 19.7 Å². The number of rotatable bonds is 5. The fourth-order valence-electron chi connectivity index (χ4n) is 1.69. The topological polar surface area (TPSA) is 106 Å². The summed E-state index contributed by atoms with van der Waals surface area (Å²) in [5.74, 6) is -0.527. The molecule has 1 aromatic heterocycles. The van der Waals surface area contributed by atoms with Crippen LogP contribution in [0.15, 0.2) is 6.20 Å². The summed E-state index contributed by atoms with van der Waals surface area (Å²) >= 11 is 0. The molecule has 0 radical (unpaired) electrons. The molecule has 0 aliphatic carbocycles. The number of halogens is 1. The molecule has 0 aliphatic heterocycles. The Hall–Kier alpha value is -1.37. The minimum Gasteiger partial charge on any atom is -0.506 e. The van der Waals surface area contributed by atoms with Crippen LogP contribution >= 0.6 is 12.4 Å². The molecule has 0 aromatic carbocycles. The molecule has 1 heterocycles. The normalized spacial score (nSPS) is 11.6. The lowest BCUT2D eigenvalue weighted by atomic mass is 9.98. The molecule has 1 atom stereocenters. The van der Waals surface area contributed by atoms with Gasteiger partial charge >= 0.3 is 5.97 Å². The summed E-state index contributed by atoms with van der Waals surface area (Å²) in [4.78, 5) is 15.3. The van der Waals surface area contributed by atoms with Crippen molar-refractivity contribution in [3.8, 4) is 5.75 Å². The zero-order valence-electron chi connectivity index (χ0n) is 10.9. The van der Waals surface area contributed by atoms with E-state index in [-0.39, 0.29) is 37.8 Å². The molecular weight excluding hydrogens is 272 g/mol. The molecule has 1 rings (SSSR count). The van der Waals surface area contributed by atoms with Crippen LogP contribution in [0.5, 0.6) is 5.75 Å². The lowest BCUT2D eigenvalue weighted by molar-refractivity contribution is -0.143. The van der Waals surface area contributed by atoms with Crippen molar-refractivity contribution >= 4 is 18.4 Å². The van der Waals surface area contributed by atoms with Gasteiger partial charge < -0.3 is 20.7 Å². The zero-order chi connectivity index (χ0) is 13.7. The first-order valence-corrected chi connectivity index (χ1v) is 5.70. The van der Waals surface area contributed by atoms with Crippen LogP contribution < -0.4 is 5.73 Å². The highest BCUT2D eigenvalue weighted by Crippen LogP contribution is 2.30. The van der Waals surface area contributed by atoms with Gasteiger partial charge in [-0.1, -0.05) is 0 Å². The number of nitrogens with zero attached hydrogens (tertiary/aromatic N) is 1. The van der Waals surface area contributed by atoms with Crippen molar-refractivity contribution in [2.75, 3.05) is 6.61 Å².